The fourth-order valence-corrected chi connectivity index (χ4v) is 1.84. The number of amides is 3. The number of nitrogens with zero attached hydrogens (tertiary/aromatic N) is 1. The maximum absolute atomic E-state index is 12.2. The van der Waals surface area contributed by atoms with Crippen LogP contribution in [-0.4, -0.2) is 42.5 Å². The van der Waals surface area contributed by atoms with Gasteiger partial charge in [0.25, 0.3) is 5.91 Å². The molecule has 6 heteroatoms. The van der Waals surface area contributed by atoms with E-state index in [1.165, 1.54) is 11.8 Å². The number of hydrogen-bond donors (Lipinski definition) is 1. The van der Waals surface area contributed by atoms with Crippen LogP contribution < -0.4 is 5.32 Å². The van der Waals surface area contributed by atoms with Crippen LogP contribution in [0, 0.1) is 0 Å². The van der Waals surface area contributed by atoms with E-state index in [2.05, 4.69) is 5.32 Å². The Morgan fingerprint density at radius 2 is 1.90 bits per heavy atom. The zero-order valence-electron chi connectivity index (χ0n) is 12.1. The zero-order chi connectivity index (χ0) is 15.8. The van der Waals surface area contributed by atoms with Gasteiger partial charge in [0, 0.05) is 32.5 Å². The lowest BCUT2D eigenvalue weighted by molar-refractivity contribution is -0.129. The van der Waals surface area contributed by atoms with Crippen molar-refractivity contribution in [2.75, 3.05) is 13.6 Å². The molecular formula is C15H18N2O4. The minimum atomic E-state index is -0.399. The largest absolute Gasteiger partial charge is 0.342 e. The van der Waals surface area contributed by atoms with Crippen molar-refractivity contribution in [3.63, 3.8) is 0 Å². The van der Waals surface area contributed by atoms with Gasteiger partial charge in [0.05, 0.1) is 5.56 Å². The van der Waals surface area contributed by atoms with Crippen molar-refractivity contribution >= 4 is 24.0 Å². The van der Waals surface area contributed by atoms with Crippen molar-refractivity contribution in [3.8, 4) is 0 Å². The molecule has 0 heterocycles. The van der Waals surface area contributed by atoms with Crippen molar-refractivity contribution in [2.24, 2.45) is 0 Å². The molecule has 1 N–H and O–H groups in total. The normalized spacial score (nSPS) is 9.81. The number of imide groups is 1. The van der Waals surface area contributed by atoms with Crippen LogP contribution in [0.15, 0.2) is 24.3 Å². The Labute approximate surface area is 123 Å². The molecule has 0 aromatic heterocycles. The Bertz CT molecular complexity index is 554. The molecule has 112 valence electrons. The summed E-state index contributed by atoms with van der Waals surface area (Å²) in [7, 11) is 1.60. The highest BCUT2D eigenvalue weighted by Crippen LogP contribution is 2.09. The van der Waals surface area contributed by atoms with Gasteiger partial charge in [-0.1, -0.05) is 18.2 Å². The first-order chi connectivity index (χ1) is 9.95. The molecule has 0 unspecified atom stereocenters. The van der Waals surface area contributed by atoms with Crippen molar-refractivity contribution < 1.29 is 19.2 Å². The quantitative estimate of drug-likeness (QED) is 0.793. The third-order valence-electron chi connectivity index (χ3n) is 2.88. The maximum Gasteiger partial charge on any atom is 0.254 e. The number of rotatable bonds is 6. The average Bonchev–Trinajstić information content (AvgIpc) is 2.45. The van der Waals surface area contributed by atoms with Gasteiger partial charge in [-0.05, 0) is 12.5 Å². The molecule has 0 radical (unpaired) electrons. The summed E-state index contributed by atoms with van der Waals surface area (Å²) in [6.07, 6.45) is 1.23. The van der Waals surface area contributed by atoms with Crippen molar-refractivity contribution in [3.05, 3.63) is 35.4 Å². The van der Waals surface area contributed by atoms with E-state index in [1.54, 1.807) is 31.3 Å². The van der Waals surface area contributed by atoms with Gasteiger partial charge in [0.15, 0.2) is 6.29 Å². The zero-order valence-corrected chi connectivity index (χ0v) is 12.1. The van der Waals surface area contributed by atoms with Crippen LogP contribution in [-0.2, 0) is 9.59 Å². The molecule has 0 aliphatic carbocycles. The lowest BCUT2D eigenvalue weighted by atomic mass is 10.1. The fourth-order valence-electron chi connectivity index (χ4n) is 1.84. The van der Waals surface area contributed by atoms with Crippen molar-refractivity contribution in [1.29, 1.82) is 0 Å². The number of hydrogen-bond acceptors (Lipinski definition) is 4. The number of benzene rings is 1. The predicted octanol–water partition coefficient (Wildman–Crippen LogP) is 1.01. The lowest BCUT2D eigenvalue weighted by Gasteiger charge is -2.17. The van der Waals surface area contributed by atoms with E-state index in [4.69, 9.17) is 0 Å². The Morgan fingerprint density at radius 3 is 2.52 bits per heavy atom. The van der Waals surface area contributed by atoms with Crippen LogP contribution in [0.2, 0.25) is 0 Å². The van der Waals surface area contributed by atoms with Gasteiger partial charge in [0.2, 0.25) is 11.8 Å². The van der Waals surface area contributed by atoms with Gasteiger partial charge >= 0.3 is 0 Å². The summed E-state index contributed by atoms with van der Waals surface area (Å²) in [6, 6.07) is 6.54. The van der Waals surface area contributed by atoms with Crippen LogP contribution in [0.1, 0.15) is 40.5 Å². The van der Waals surface area contributed by atoms with E-state index in [9.17, 15) is 19.2 Å². The molecule has 1 aromatic rings. The first-order valence-electron chi connectivity index (χ1n) is 6.55. The van der Waals surface area contributed by atoms with Crippen LogP contribution in [0.25, 0.3) is 0 Å². The second-order valence-corrected chi connectivity index (χ2v) is 4.64. The molecule has 0 aliphatic heterocycles. The van der Waals surface area contributed by atoms with Crippen molar-refractivity contribution in [2.45, 2.75) is 19.8 Å². The number of aldehydes is 1. The molecule has 1 aromatic carbocycles. The first kappa shape index (κ1) is 16.6. The van der Waals surface area contributed by atoms with Gasteiger partial charge in [-0.25, -0.2) is 0 Å². The fraction of sp³-hybridized carbons (Fsp3) is 0.333. The summed E-state index contributed by atoms with van der Waals surface area (Å²) < 4.78 is 0. The molecule has 0 saturated carbocycles. The second-order valence-electron chi connectivity index (χ2n) is 4.64. The summed E-state index contributed by atoms with van der Waals surface area (Å²) >= 11 is 0. The van der Waals surface area contributed by atoms with Crippen LogP contribution in [0.4, 0.5) is 0 Å². The van der Waals surface area contributed by atoms with Crippen molar-refractivity contribution in [1.82, 2.24) is 10.2 Å². The highest BCUT2D eigenvalue weighted by Gasteiger charge is 2.15. The Morgan fingerprint density at radius 1 is 1.24 bits per heavy atom. The number of carbonyl (C=O) groups excluding carboxylic acids is 4. The highest BCUT2D eigenvalue weighted by molar-refractivity contribution is 6.01. The van der Waals surface area contributed by atoms with E-state index in [1.807, 2.05) is 0 Å². The minimum Gasteiger partial charge on any atom is -0.342 e. The lowest BCUT2D eigenvalue weighted by Crippen LogP contribution is -2.31. The van der Waals surface area contributed by atoms with Crippen LogP contribution in [0.5, 0.6) is 0 Å². The predicted molar refractivity (Wildman–Crippen MR) is 76.8 cm³/mol. The molecule has 0 saturated heterocycles. The Hall–Kier alpha value is -2.50. The van der Waals surface area contributed by atoms with E-state index in [0.717, 1.165) is 0 Å². The summed E-state index contributed by atoms with van der Waals surface area (Å²) in [6.45, 7) is 1.63. The van der Waals surface area contributed by atoms with E-state index in [-0.39, 0.29) is 18.2 Å². The summed E-state index contributed by atoms with van der Waals surface area (Å²) in [5.74, 6) is -1.04. The van der Waals surface area contributed by atoms with Crippen LogP contribution >= 0.6 is 0 Å². The van der Waals surface area contributed by atoms with Gasteiger partial charge in [-0.3, -0.25) is 24.5 Å². The molecule has 21 heavy (non-hydrogen) atoms. The van der Waals surface area contributed by atoms with E-state index < -0.39 is 5.91 Å². The first-order valence-corrected chi connectivity index (χ1v) is 6.55. The smallest absolute Gasteiger partial charge is 0.254 e. The monoisotopic (exact) mass is 290 g/mol. The maximum atomic E-state index is 12.2. The van der Waals surface area contributed by atoms with Gasteiger partial charge in [-0.15, -0.1) is 0 Å². The summed E-state index contributed by atoms with van der Waals surface area (Å²) in [5, 5.41) is 2.17. The number of carbonyl (C=O) groups is 4. The van der Waals surface area contributed by atoms with Gasteiger partial charge < -0.3 is 4.90 Å². The topological polar surface area (TPSA) is 83.6 Å². The Balaban J connectivity index is 2.53. The molecule has 0 aliphatic rings. The van der Waals surface area contributed by atoms with Crippen LogP contribution in [0.3, 0.4) is 0 Å². The standard InChI is InChI=1S/C15H18N2O4/c1-11(19)16-14(20)8-5-9-17(2)15(21)13-7-4-3-6-12(13)10-18/h3-4,6-7,10H,5,8-9H2,1-2H3,(H,16,19,20). The molecule has 0 spiro atoms. The molecule has 3 amide bonds. The van der Waals surface area contributed by atoms with Gasteiger partial charge in [-0.2, -0.15) is 0 Å². The Kier molecular flexibility index (Phi) is 6.26. The average molecular weight is 290 g/mol. The number of nitrogens with one attached hydrogen (secondary N) is 1. The summed E-state index contributed by atoms with van der Waals surface area (Å²) in [4.78, 5) is 46.5. The third kappa shape index (κ3) is 5.18. The summed E-state index contributed by atoms with van der Waals surface area (Å²) in [5.41, 5.74) is 0.673. The second kappa shape index (κ2) is 7.94. The SMILES string of the molecule is CC(=O)NC(=O)CCCN(C)C(=O)c1ccccc1C=O. The highest BCUT2D eigenvalue weighted by atomic mass is 16.2. The molecule has 0 fully saturated rings. The molecule has 6 nitrogen and oxygen atoms in total. The van der Waals surface area contributed by atoms with E-state index >= 15 is 0 Å². The molecule has 0 atom stereocenters. The van der Waals surface area contributed by atoms with E-state index in [0.29, 0.717) is 30.4 Å². The molecule has 1 rings (SSSR count). The third-order valence-corrected chi connectivity index (χ3v) is 2.88. The molecule has 0 bridgehead atoms. The van der Waals surface area contributed by atoms with Gasteiger partial charge in [0.1, 0.15) is 0 Å². The minimum absolute atomic E-state index is 0.159. The molecular weight excluding hydrogens is 272 g/mol.